The molecule has 0 unspecified atom stereocenters. The highest BCUT2D eigenvalue weighted by Crippen LogP contribution is 2.04. The first-order valence-electron chi connectivity index (χ1n) is 3.77. The third kappa shape index (κ3) is 1.85. The SMILES string of the molecule is CC(=O)n1nc(CCCl)cc1C. The van der Waals surface area contributed by atoms with Crippen LogP contribution >= 0.6 is 11.6 Å². The van der Waals surface area contributed by atoms with Crippen molar-refractivity contribution >= 4 is 17.5 Å². The van der Waals surface area contributed by atoms with E-state index in [0.717, 1.165) is 11.4 Å². The molecular weight excluding hydrogens is 176 g/mol. The Bertz CT molecular complexity index is 293. The second-order valence-corrected chi connectivity index (χ2v) is 3.02. The van der Waals surface area contributed by atoms with Gasteiger partial charge in [0.05, 0.1) is 5.69 Å². The van der Waals surface area contributed by atoms with E-state index in [-0.39, 0.29) is 5.91 Å². The van der Waals surface area contributed by atoms with Gasteiger partial charge in [-0.05, 0) is 13.0 Å². The van der Waals surface area contributed by atoms with Crippen LogP contribution in [0.1, 0.15) is 23.1 Å². The smallest absolute Gasteiger partial charge is 0.243 e. The van der Waals surface area contributed by atoms with E-state index in [2.05, 4.69) is 5.10 Å². The van der Waals surface area contributed by atoms with Gasteiger partial charge in [0.25, 0.3) is 0 Å². The number of rotatable bonds is 2. The number of carbonyl (C=O) groups excluding carboxylic acids is 1. The van der Waals surface area contributed by atoms with Gasteiger partial charge in [-0.2, -0.15) is 5.10 Å². The summed E-state index contributed by atoms with van der Waals surface area (Å²) in [5.74, 6) is 0.474. The average molecular weight is 187 g/mol. The normalized spacial score (nSPS) is 10.2. The van der Waals surface area contributed by atoms with Crippen molar-refractivity contribution in [3.05, 3.63) is 17.5 Å². The molecule has 12 heavy (non-hydrogen) atoms. The predicted octanol–water partition coefficient (Wildman–Crippen LogP) is 1.63. The Morgan fingerprint density at radius 3 is 2.83 bits per heavy atom. The van der Waals surface area contributed by atoms with Gasteiger partial charge in [0.2, 0.25) is 5.91 Å². The van der Waals surface area contributed by atoms with Crippen LogP contribution in [0.4, 0.5) is 0 Å². The van der Waals surface area contributed by atoms with Gasteiger partial charge in [-0.1, -0.05) is 0 Å². The van der Waals surface area contributed by atoms with Gasteiger partial charge in [0.15, 0.2) is 0 Å². The number of aryl methyl sites for hydroxylation is 2. The Balaban J connectivity index is 2.92. The standard InChI is InChI=1S/C8H11ClN2O/c1-6-5-8(3-4-9)10-11(6)7(2)12/h5H,3-4H2,1-2H3. The topological polar surface area (TPSA) is 34.9 Å². The van der Waals surface area contributed by atoms with E-state index in [9.17, 15) is 4.79 Å². The predicted molar refractivity (Wildman–Crippen MR) is 47.7 cm³/mol. The summed E-state index contributed by atoms with van der Waals surface area (Å²) >= 11 is 5.54. The molecule has 1 heterocycles. The number of carbonyl (C=O) groups is 1. The summed E-state index contributed by atoms with van der Waals surface area (Å²) in [6, 6.07) is 1.88. The molecule has 1 rings (SSSR count). The van der Waals surface area contributed by atoms with E-state index < -0.39 is 0 Å². The fraction of sp³-hybridized carbons (Fsp3) is 0.500. The Morgan fingerprint density at radius 2 is 2.42 bits per heavy atom. The first kappa shape index (κ1) is 9.26. The molecule has 0 aliphatic carbocycles. The van der Waals surface area contributed by atoms with E-state index >= 15 is 0 Å². The molecule has 0 atom stereocenters. The van der Waals surface area contributed by atoms with Gasteiger partial charge in [-0.15, -0.1) is 11.6 Å². The molecule has 0 fully saturated rings. The zero-order chi connectivity index (χ0) is 9.14. The van der Waals surface area contributed by atoms with Crippen molar-refractivity contribution in [2.45, 2.75) is 20.3 Å². The Kier molecular flexibility index (Phi) is 2.87. The Morgan fingerprint density at radius 1 is 1.75 bits per heavy atom. The number of hydrogen-bond acceptors (Lipinski definition) is 2. The Hall–Kier alpha value is -0.830. The van der Waals surface area contributed by atoms with Crippen molar-refractivity contribution in [3.8, 4) is 0 Å². The fourth-order valence-electron chi connectivity index (χ4n) is 1.08. The lowest BCUT2D eigenvalue weighted by Crippen LogP contribution is -2.09. The van der Waals surface area contributed by atoms with Gasteiger partial charge in [0.1, 0.15) is 0 Å². The molecule has 4 heteroatoms. The third-order valence-electron chi connectivity index (χ3n) is 1.59. The van der Waals surface area contributed by atoms with Gasteiger partial charge < -0.3 is 0 Å². The molecule has 66 valence electrons. The molecule has 0 aliphatic rings. The van der Waals surface area contributed by atoms with Crippen LogP contribution in [0, 0.1) is 6.92 Å². The third-order valence-corrected chi connectivity index (χ3v) is 1.78. The lowest BCUT2D eigenvalue weighted by atomic mass is 10.3. The highest BCUT2D eigenvalue weighted by molar-refractivity contribution is 6.17. The summed E-state index contributed by atoms with van der Waals surface area (Å²) in [6.07, 6.45) is 0.711. The van der Waals surface area contributed by atoms with Crippen molar-refractivity contribution in [1.82, 2.24) is 9.78 Å². The molecule has 0 saturated carbocycles. The van der Waals surface area contributed by atoms with Gasteiger partial charge >= 0.3 is 0 Å². The van der Waals surface area contributed by atoms with Crippen molar-refractivity contribution in [2.75, 3.05) is 5.88 Å². The summed E-state index contributed by atoms with van der Waals surface area (Å²) in [7, 11) is 0. The Labute approximate surface area is 76.3 Å². The minimum Gasteiger partial charge on any atom is -0.273 e. The number of aromatic nitrogens is 2. The van der Waals surface area contributed by atoms with Gasteiger partial charge in [-0.3, -0.25) is 4.79 Å². The molecule has 3 nitrogen and oxygen atoms in total. The number of halogens is 1. The molecule has 0 radical (unpaired) electrons. The lowest BCUT2D eigenvalue weighted by molar-refractivity contribution is 0.0918. The van der Waals surface area contributed by atoms with Crippen LogP contribution < -0.4 is 0 Å². The second kappa shape index (κ2) is 3.72. The summed E-state index contributed by atoms with van der Waals surface area (Å²) < 4.78 is 1.39. The molecule has 0 aliphatic heterocycles. The highest BCUT2D eigenvalue weighted by atomic mass is 35.5. The van der Waals surface area contributed by atoms with Crippen molar-refractivity contribution in [2.24, 2.45) is 0 Å². The molecule has 0 saturated heterocycles. The molecule has 0 aromatic carbocycles. The summed E-state index contributed by atoms with van der Waals surface area (Å²) in [5.41, 5.74) is 1.74. The lowest BCUT2D eigenvalue weighted by Gasteiger charge is -1.94. The molecule has 0 bridgehead atoms. The molecular formula is C8H11ClN2O. The molecule has 0 amide bonds. The number of nitrogens with zero attached hydrogens (tertiary/aromatic N) is 2. The maximum atomic E-state index is 11.0. The van der Waals surface area contributed by atoms with Crippen molar-refractivity contribution in [1.29, 1.82) is 0 Å². The quantitative estimate of drug-likeness (QED) is 0.659. The van der Waals surface area contributed by atoms with Crippen LogP contribution in [0.5, 0.6) is 0 Å². The van der Waals surface area contributed by atoms with Gasteiger partial charge in [-0.25, -0.2) is 4.68 Å². The second-order valence-electron chi connectivity index (χ2n) is 2.65. The van der Waals surface area contributed by atoms with Crippen LogP contribution in [0.15, 0.2) is 6.07 Å². The molecule has 1 aromatic rings. The monoisotopic (exact) mass is 186 g/mol. The first-order chi connectivity index (χ1) is 5.65. The van der Waals surface area contributed by atoms with Crippen LogP contribution in [0.3, 0.4) is 0 Å². The van der Waals surface area contributed by atoms with Crippen LogP contribution in [-0.2, 0) is 6.42 Å². The fourth-order valence-corrected chi connectivity index (χ4v) is 1.27. The molecule has 0 N–H and O–H groups in total. The molecule has 0 spiro atoms. The van der Waals surface area contributed by atoms with E-state index in [1.165, 1.54) is 11.6 Å². The van der Waals surface area contributed by atoms with Crippen molar-refractivity contribution < 1.29 is 4.79 Å². The number of alkyl halides is 1. The van der Waals surface area contributed by atoms with E-state index in [0.29, 0.717) is 12.3 Å². The van der Waals surface area contributed by atoms with Crippen LogP contribution in [0.25, 0.3) is 0 Å². The van der Waals surface area contributed by atoms with E-state index in [1.54, 1.807) is 0 Å². The van der Waals surface area contributed by atoms with Crippen molar-refractivity contribution in [3.63, 3.8) is 0 Å². The van der Waals surface area contributed by atoms with Crippen LogP contribution in [-0.4, -0.2) is 21.6 Å². The first-order valence-corrected chi connectivity index (χ1v) is 4.31. The summed E-state index contributed by atoms with van der Waals surface area (Å²) in [5, 5.41) is 4.08. The minimum absolute atomic E-state index is 0.0617. The maximum Gasteiger partial charge on any atom is 0.243 e. The minimum atomic E-state index is -0.0617. The average Bonchev–Trinajstić information content (AvgIpc) is 2.32. The molecule has 1 aromatic heterocycles. The van der Waals surface area contributed by atoms with E-state index in [4.69, 9.17) is 11.6 Å². The summed E-state index contributed by atoms with van der Waals surface area (Å²) in [4.78, 5) is 11.0. The largest absolute Gasteiger partial charge is 0.273 e. The number of hydrogen-bond donors (Lipinski definition) is 0. The van der Waals surface area contributed by atoms with Crippen LogP contribution in [0.2, 0.25) is 0 Å². The van der Waals surface area contributed by atoms with Gasteiger partial charge in [0, 0.05) is 24.9 Å². The maximum absolute atomic E-state index is 11.0. The zero-order valence-corrected chi connectivity index (χ0v) is 7.93. The highest BCUT2D eigenvalue weighted by Gasteiger charge is 2.05. The van der Waals surface area contributed by atoms with E-state index in [1.807, 2.05) is 13.0 Å². The zero-order valence-electron chi connectivity index (χ0n) is 7.17. The summed E-state index contributed by atoms with van der Waals surface area (Å²) in [6.45, 7) is 3.34.